The van der Waals surface area contributed by atoms with Gasteiger partial charge in [0, 0.05) is 31.1 Å². The van der Waals surface area contributed by atoms with Gasteiger partial charge in [-0.1, -0.05) is 29.4 Å². The lowest BCUT2D eigenvalue weighted by Gasteiger charge is -2.22. The van der Waals surface area contributed by atoms with Crippen LogP contribution >= 0.6 is 0 Å². The zero-order valence-electron chi connectivity index (χ0n) is 16.5. The predicted molar refractivity (Wildman–Crippen MR) is 108 cm³/mol. The monoisotopic (exact) mass is 405 g/mol. The SMILES string of the molecule is O=C(CCc1nc(C2CCCN2C(=O)c2ccccc2)no1)NCc1ccccn1. The Balaban J connectivity index is 1.32. The van der Waals surface area contributed by atoms with E-state index in [2.05, 4.69) is 20.4 Å². The molecule has 30 heavy (non-hydrogen) atoms. The molecular weight excluding hydrogens is 382 g/mol. The van der Waals surface area contributed by atoms with Crippen molar-refractivity contribution in [3.63, 3.8) is 0 Å². The predicted octanol–water partition coefficient (Wildman–Crippen LogP) is 2.69. The van der Waals surface area contributed by atoms with Gasteiger partial charge in [0.15, 0.2) is 5.82 Å². The lowest BCUT2D eigenvalue weighted by Crippen LogP contribution is -2.31. The zero-order chi connectivity index (χ0) is 20.8. The van der Waals surface area contributed by atoms with Crippen LogP contribution in [0.4, 0.5) is 0 Å². The summed E-state index contributed by atoms with van der Waals surface area (Å²) in [6.07, 6.45) is 3.97. The third-order valence-corrected chi connectivity index (χ3v) is 5.07. The second kappa shape index (κ2) is 9.30. The van der Waals surface area contributed by atoms with Crippen LogP contribution < -0.4 is 5.32 Å². The van der Waals surface area contributed by atoms with Gasteiger partial charge in [0.25, 0.3) is 5.91 Å². The molecule has 1 aromatic carbocycles. The minimum Gasteiger partial charge on any atom is -0.350 e. The smallest absolute Gasteiger partial charge is 0.254 e. The standard InChI is InChI=1S/C22H23N5O3/c28-19(24-15-17-9-4-5-13-23-17)11-12-20-25-21(26-30-20)18-10-6-14-27(18)22(29)16-7-2-1-3-8-16/h1-5,7-9,13,18H,6,10-12,14-15H2,(H,24,28). The average Bonchev–Trinajstić information content (AvgIpc) is 3.46. The first-order chi connectivity index (χ1) is 14.7. The highest BCUT2D eigenvalue weighted by atomic mass is 16.5. The van der Waals surface area contributed by atoms with Crippen LogP contribution in [0.5, 0.6) is 0 Å². The normalized spacial score (nSPS) is 15.9. The van der Waals surface area contributed by atoms with Crippen LogP contribution in [-0.2, 0) is 17.8 Å². The second-order valence-corrected chi connectivity index (χ2v) is 7.17. The first-order valence-corrected chi connectivity index (χ1v) is 10.1. The molecule has 154 valence electrons. The highest BCUT2D eigenvalue weighted by molar-refractivity contribution is 5.94. The Morgan fingerprint density at radius 3 is 2.77 bits per heavy atom. The zero-order valence-corrected chi connectivity index (χ0v) is 16.5. The number of rotatable bonds is 7. The number of likely N-dealkylation sites (tertiary alicyclic amines) is 1. The van der Waals surface area contributed by atoms with Crippen molar-refractivity contribution in [1.82, 2.24) is 25.3 Å². The fraction of sp³-hybridized carbons (Fsp3) is 0.318. The molecular formula is C22H23N5O3. The molecule has 8 heteroatoms. The van der Waals surface area contributed by atoms with Crippen molar-refractivity contribution in [2.75, 3.05) is 6.54 Å². The molecule has 8 nitrogen and oxygen atoms in total. The van der Waals surface area contributed by atoms with Crippen molar-refractivity contribution < 1.29 is 14.1 Å². The second-order valence-electron chi connectivity index (χ2n) is 7.17. The van der Waals surface area contributed by atoms with E-state index in [4.69, 9.17) is 4.52 Å². The number of pyridine rings is 1. The van der Waals surface area contributed by atoms with Crippen LogP contribution in [0.3, 0.4) is 0 Å². The van der Waals surface area contributed by atoms with Crippen molar-refractivity contribution in [2.24, 2.45) is 0 Å². The lowest BCUT2D eigenvalue weighted by molar-refractivity contribution is -0.121. The van der Waals surface area contributed by atoms with Gasteiger partial charge in [0.1, 0.15) is 0 Å². The summed E-state index contributed by atoms with van der Waals surface area (Å²) < 4.78 is 5.33. The average molecular weight is 405 g/mol. The highest BCUT2D eigenvalue weighted by Crippen LogP contribution is 2.31. The summed E-state index contributed by atoms with van der Waals surface area (Å²) in [7, 11) is 0. The van der Waals surface area contributed by atoms with Crippen LogP contribution in [0, 0.1) is 0 Å². The van der Waals surface area contributed by atoms with E-state index < -0.39 is 0 Å². The van der Waals surface area contributed by atoms with Gasteiger partial charge in [-0.2, -0.15) is 4.98 Å². The molecule has 1 unspecified atom stereocenters. The van der Waals surface area contributed by atoms with E-state index in [1.54, 1.807) is 11.1 Å². The Hall–Kier alpha value is -3.55. The summed E-state index contributed by atoms with van der Waals surface area (Å²) >= 11 is 0. The van der Waals surface area contributed by atoms with Crippen LogP contribution in [0.1, 0.15) is 53.1 Å². The topological polar surface area (TPSA) is 101 Å². The van der Waals surface area contributed by atoms with E-state index in [1.165, 1.54) is 0 Å². The molecule has 2 amide bonds. The van der Waals surface area contributed by atoms with Crippen LogP contribution in [-0.4, -0.2) is 38.4 Å². The van der Waals surface area contributed by atoms with Gasteiger partial charge >= 0.3 is 0 Å². The molecule has 2 aromatic heterocycles. The number of aryl methyl sites for hydroxylation is 1. The van der Waals surface area contributed by atoms with Crippen LogP contribution in [0.25, 0.3) is 0 Å². The maximum atomic E-state index is 12.8. The van der Waals surface area contributed by atoms with Crippen molar-refractivity contribution in [2.45, 2.75) is 38.3 Å². The lowest BCUT2D eigenvalue weighted by atomic mass is 10.1. The van der Waals surface area contributed by atoms with Gasteiger partial charge in [-0.3, -0.25) is 14.6 Å². The number of amides is 2. The van der Waals surface area contributed by atoms with Crippen LogP contribution in [0.15, 0.2) is 59.3 Å². The molecule has 1 atom stereocenters. The molecule has 1 saturated heterocycles. The van der Waals surface area contributed by atoms with E-state index in [0.29, 0.717) is 36.8 Å². The molecule has 0 radical (unpaired) electrons. The Morgan fingerprint density at radius 2 is 1.97 bits per heavy atom. The molecule has 1 aliphatic heterocycles. The number of hydrogen-bond acceptors (Lipinski definition) is 6. The third kappa shape index (κ3) is 4.71. The molecule has 1 fully saturated rings. The number of nitrogens with zero attached hydrogens (tertiary/aromatic N) is 4. The van der Waals surface area contributed by atoms with E-state index >= 15 is 0 Å². The molecule has 0 spiro atoms. The minimum atomic E-state index is -0.201. The molecule has 0 aliphatic carbocycles. The van der Waals surface area contributed by atoms with Gasteiger partial charge in [-0.05, 0) is 37.1 Å². The summed E-state index contributed by atoms with van der Waals surface area (Å²) in [5, 5.41) is 6.90. The van der Waals surface area contributed by atoms with Crippen molar-refractivity contribution in [3.05, 3.63) is 77.7 Å². The van der Waals surface area contributed by atoms with Gasteiger partial charge in [-0.15, -0.1) is 0 Å². The number of carbonyl (C=O) groups is 2. The summed E-state index contributed by atoms with van der Waals surface area (Å²) in [5.41, 5.74) is 1.45. The summed E-state index contributed by atoms with van der Waals surface area (Å²) in [5.74, 6) is 0.762. The Bertz CT molecular complexity index is 990. The molecule has 4 rings (SSSR count). The molecule has 0 saturated carbocycles. The molecule has 1 N–H and O–H groups in total. The van der Waals surface area contributed by atoms with Gasteiger partial charge in [-0.25, -0.2) is 0 Å². The quantitative estimate of drug-likeness (QED) is 0.649. The molecule has 3 heterocycles. The molecule has 3 aromatic rings. The summed E-state index contributed by atoms with van der Waals surface area (Å²) in [4.78, 5) is 35.3. The van der Waals surface area contributed by atoms with E-state index in [1.807, 2.05) is 48.5 Å². The maximum Gasteiger partial charge on any atom is 0.254 e. The van der Waals surface area contributed by atoms with Gasteiger partial charge in [0.05, 0.1) is 18.3 Å². The number of aromatic nitrogens is 3. The minimum absolute atomic E-state index is 0.0293. The van der Waals surface area contributed by atoms with E-state index in [-0.39, 0.29) is 24.3 Å². The Morgan fingerprint density at radius 1 is 1.13 bits per heavy atom. The third-order valence-electron chi connectivity index (χ3n) is 5.07. The number of nitrogens with one attached hydrogen (secondary N) is 1. The maximum absolute atomic E-state index is 12.8. The fourth-order valence-electron chi connectivity index (χ4n) is 3.53. The summed E-state index contributed by atoms with van der Waals surface area (Å²) in [6.45, 7) is 1.05. The van der Waals surface area contributed by atoms with E-state index in [9.17, 15) is 9.59 Å². The largest absolute Gasteiger partial charge is 0.350 e. The van der Waals surface area contributed by atoms with Crippen molar-refractivity contribution in [3.8, 4) is 0 Å². The van der Waals surface area contributed by atoms with Crippen molar-refractivity contribution in [1.29, 1.82) is 0 Å². The Labute approximate surface area is 174 Å². The van der Waals surface area contributed by atoms with Gasteiger partial charge < -0.3 is 14.7 Å². The number of carbonyl (C=O) groups excluding carboxylic acids is 2. The van der Waals surface area contributed by atoms with E-state index in [0.717, 1.165) is 18.5 Å². The Kier molecular flexibility index (Phi) is 6.12. The first-order valence-electron chi connectivity index (χ1n) is 10.1. The molecule has 0 bridgehead atoms. The fourth-order valence-corrected chi connectivity index (χ4v) is 3.53. The molecule has 1 aliphatic rings. The summed E-state index contributed by atoms with van der Waals surface area (Å²) in [6, 6.07) is 14.6. The highest BCUT2D eigenvalue weighted by Gasteiger charge is 2.33. The van der Waals surface area contributed by atoms with Gasteiger partial charge in [0.2, 0.25) is 11.8 Å². The first kappa shape index (κ1) is 19.8. The van der Waals surface area contributed by atoms with Crippen molar-refractivity contribution >= 4 is 11.8 Å². The number of hydrogen-bond donors (Lipinski definition) is 1. The number of benzene rings is 1. The van der Waals surface area contributed by atoms with Crippen LogP contribution in [0.2, 0.25) is 0 Å².